The van der Waals surface area contributed by atoms with Crippen LogP contribution in [0.25, 0.3) is 16.7 Å². The molecule has 0 spiro atoms. The number of amides is 1. The van der Waals surface area contributed by atoms with E-state index in [1.165, 1.54) is 11.8 Å². The topological polar surface area (TPSA) is 91.0 Å². The number of rotatable bonds is 6. The maximum atomic E-state index is 13.3. The summed E-state index contributed by atoms with van der Waals surface area (Å²) in [5.74, 6) is 1.26. The number of hydrogen-bond donors (Lipinski definition) is 1. The molecule has 5 rings (SSSR count). The van der Waals surface area contributed by atoms with Crippen molar-refractivity contribution in [2.45, 2.75) is 31.1 Å². The Morgan fingerprint density at radius 1 is 1.24 bits per heavy atom. The van der Waals surface area contributed by atoms with E-state index in [0.717, 1.165) is 22.6 Å². The molecular formula is C24H23N5O3S. The fraction of sp³-hybridized carbons (Fsp3) is 0.250. The van der Waals surface area contributed by atoms with E-state index in [2.05, 4.69) is 10.4 Å². The summed E-state index contributed by atoms with van der Waals surface area (Å²) in [6, 6.07) is 15.2. The van der Waals surface area contributed by atoms with E-state index in [0.29, 0.717) is 28.5 Å². The minimum Gasteiger partial charge on any atom is -0.497 e. The Morgan fingerprint density at radius 3 is 2.91 bits per heavy atom. The molecule has 2 aromatic carbocycles. The minimum atomic E-state index is -0.248. The Morgan fingerprint density at radius 2 is 2.09 bits per heavy atom. The molecule has 1 unspecified atom stereocenters. The summed E-state index contributed by atoms with van der Waals surface area (Å²) in [5.41, 5.74) is 3.28. The van der Waals surface area contributed by atoms with Gasteiger partial charge >= 0.3 is 0 Å². The van der Waals surface area contributed by atoms with Crippen molar-refractivity contribution in [3.63, 3.8) is 0 Å². The lowest BCUT2D eigenvalue weighted by molar-refractivity contribution is -0.121. The van der Waals surface area contributed by atoms with Gasteiger partial charge < -0.3 is 10.1 Å². The minimum absolute atomic E-state index is 0.112. The number of fused-ring (bicyclic) bond motifs is 2. The van der Waals surface area contributed by atoms with Crippen molar-refractivity contribution < 1.29 is 9.53 Å². The van der Waals surface area contributed by atoms with Gasteiger partial charge in [-0.3, -0.25) is 14.2 Å². The number of thioether (sulfide) groups is 1. The van der Waals surface area contributed by atoms with Crippen LogP contribution in [0.3, 0.4) is 0 Å². The Balaban J connectivity index is 1.36. The Kier molecular flexibility index (Phi) is 5.63. The number of ether oxygens (including phenoxy) is 1. The quantitative estimate of drug-likeness (QED) is 0.443. The molecule has 0 radical (unpaired) electrons. The van der Waals surface area contributed by atoms with Gasteiger partial charge in [0.25, 0.3) is 5.56 Å². The average molecular weight is 462 g/mol. The summed E-state index contributed by atoms with van der Waals surface area (Å²) >= 11 is 1.49. The predicted octanol–water partition coefficient (Wildman–Crippen LogP) is 3.25. The van der Waals surface area contributed by atoms with Crippen LogP contribution in [0.2, 0.25) is 0 Å². The maximum absolute atomic E-state index is 13.3. The zero-order valence-corrected chi connectivity index (χ0v) is 19.1. The summed E-state index contributed by atoms with van der Waals surface area (Å²) in [5, 5.41) is 8.42. The molecule has 1 aliphatic rings. The van der Waals surface area contributed by atoms with Gasteiger partial charge in [-0.1, -0.05) is 36.0 Å². The molecule has 33 heavy (non-hydrogen) atoms. The van der Waals surface area contributed by atoms with Gasteiger partial charge in [-0.15, -0.1) is 0 Å². The van der Waals surface area contributed by atoms with Crippen LogP contribution in [0, 0.1) is 6.92 Å². The maximum Gasteiger partial charge on any atom is 0.265 e. The van der Waals surface area contributed by atoms with Gasteiger partial charge in [-0.2, -0.15) is 5.10 Å². The number of carbonyl (C=O) groups is 1. The zero-order valence-electron chi connectivity index (χ0n) is 18.3. The van der Waals surface area contributed by atoms with Crippen LogP contribution in [-0.4, -0.2) is 38.1 Å². The molecule has 4 aromatic rings. The number of aryl methyl sites for hydroxylation is 1. The number of hydrogen-bond acceptors (Lipinski definition) is 6. The second-order valence-corrected chi connectivity index (χ2v) is 8.99. The first kappa shape index (κ1) is 21.3. The van der Waals surface area contributed by atoms with Gasteiger partial charge in [-0.25, -0.2) is 9.67 Å². The van der Waals surface area contributed by atoms with E-state index in [1.807, 2.05) is 55.5 Å². The average Bonchev–Trinajstić information content (AvgIpc) is 3.43. The molecule has 8 nitrogen and oxygen atoms in total. The van der Waals surface area contributed by atoms with Crippen LogP contribution in [-0.2, 0) is 11.3 Å². The van der Waals surface area contributed by atoms with Gasteiger partial charge in [0.1, 0.15) is 11.1 Å². The number of carbonyl (C=O) groups excluding carboxylic acids is 1. The molecule has 9 heteroatoms. The molecule has 0 fully saturated rings. The molecule has 168 valence electrons. The van der Waals surface area contributed by atoms with Crippen LogP contribution in [0.15, 0.2) is 64.7 Å². The zero-order chi connectivity index (χ0) is 22.9. The van der Waals surface area contributed by atoms with E-state index in [9.17, 15) is 9.59 Å². The predicted molar refractivity (Wildman–Crippen MR) is 127 cm³/mol. The molecule has 3 heterocycles. The third-order valence-electron chi connectivity index (χ3n) is 5.66. The van der Waals surface area contributed by atoms with Gasteiger partial charge in [0.05, 0.1) is 25.0 Å². The second-order valence-electron chi connectivity index (χ2n) is 8.00. The molecule has 0 aliphatic carbocycles. The van der Waals surface area contributed by atoms with Crippen molar-refractivity contribution in [2.24, 2.45) is 0 Å². The largest absolute Gasteiger partial charge is 0.497 e. The van der Waals surface area contributed by atoms with Gasteiger partial charge in [-0.05, 0) is 42.3 Å². The summed E-state index contributed by atoms with van der Waals surface area (Å²) in [6.07, 6.45) is 1.77. The molecule has 0 saturated carbocycles. The molecular weight excluding hydrogens is 438 g/mol. The van der Waals surface area contributed by atoms with Crippen molar-refractivity contribution in [2.75, 3.05) is 12.9 Å². The molecule has 2 aromatic heterocycles. The number of nitrogens with zero attached hydrogens (tertiary/aromatic N) is 4. The van der Waals surface area contributed by atoms with Crippen LogP contribution < -0.4 is 15.6 Å². The number of nitrogens with one attached hydrogen (secondary N) is 1. The highest BCUT2D eigenvalue weighted by molar-refractivity contribution is 7.99. The third kappa shape index (κ3) is 4.11. The SMILES string of the molecule is COc1cccc(CNC(=O)CC2CSc3nc4c(cnn4-c4cccc(C)c4)c(=O)n32)c1. The summed E-state index contributed by atoms with van der Waals surface area (Å²) in [4.78, 5) is 30.6. The highest BCUT2D eigenvalue weighted by Gasteiger charge is 2.29. The van der Waals surface area contributed by atoms with E-state index >= 15 is 0 Å². The normalized spacial score (nSPS) is 14.9. The molecule has 1 atom stereocenters. The first-order valence-electron chi connectivity index (χ1n) is 10.6. The van der Waals surface area contributed by atoms with Crippen molar-refractivity contribution in [3.05, 3.63) is 76.2 Å². The highest BCUT2D eigenvalue weighted by atomic mass is 32.2. The van der Waals surface area contributed by atoms with Crippen molar-refractivity contribution in [1.82, 2.24) is 24.6 Å². The molecule has 1 aliphatic heterocycles. The van der Waals surface area contributed by atoms with E-state index < -0.39 is 0 Å². The molecule has 1 N–H and O–H groups in total. The number of methoxy groups -OCH3 is 1. The van der Waals surface area contributed by atoms with E-state index in [4.69, 9.17) is 9.72 Å². The molecule has 0 saturated heterocycles. The lowest BCUT2D eigenvalue weighted by Gasteiger charge is -2.14. The fourth-order valence-electron chi connectivity index (χ4n) is 4.00. The lowest BCUT2D eigenvalue weighted by atomic mass is 10.2. The third-order valence-corrected chi connectivity index (χ3v) is 6.76. The summed E-state index contributed by atoms with van der Waals surface area (Å²) in [6.45, 7) is 2.41. The van der Waals surface area contributed by atoms with Crippen LogP contribution >= 0.6 is 11.8 Å². The smallest absolute Gasteiger partial charge is 0.265 e. The number of aromatic nitrogens is 4. The summed E-state index contributed by atoms with van der Waals surface area (Å²) in [7, 11) is 1.61. The monoisotopic (exact) mass is 461 g/mol. The molecule has 0 bridgehead atoms. The Hall–Kier alpha value is -3.59. The van der Waals surface area contributed by atoms with Gasteiger partial charge in [0.2, 0.25) is 5.91 Å². The summed E-state index contributed by atoms with van der Waals surface area (Å²) < 4.78 is 8.56. The Labute approximate surface area is 194 Å². The van der Waals surface area contributed by atoms with Crippen molar-refractivity contribution >= 4 is 28.7 Å². The van der Waals surface area contributed by atoms with Crippen LogP contribution in [0.4, 0.5) is 0 Å². The van der Waals surface area contributed by atoms with Crippen molar-refractivity contribution in [3.8, 4) is 11.4 Å². The first-order valence-corrected chi connectivity index (χ1v) is 11.6. The number of benzene rings is 2. The van der Waals surface area contributed by atoms with Crippen molar-refractivity contribution in [1.29, 1.82) is 0 Å². The fourth-order valence-corrected chi connectivity index (χ4v) is 5.13. The lowest BCUT2D eigenvalue weighted by Crippen LogP contribution is -2.30. The van der Waals surface area contributed by atoms with E-state index in [-0.39, 0.29) is 23.9 Å². The van der Waals surface area contributed by atoms with Crippen LogP contribution in [0.5, 0.6) is 5.75 Å². The second kappa shape index (κ2) is 8.74. The standard InChI is InChI=1S/C24H23N5O3S/c1-15-5-3-7-17(9-15)29-22-20(13-26-29)23(31)28-18(14-33-24(28)27-22)11-21(30)25-12-16-6-4-8-19(10-16)32-2/h3-10,13,18H,11-12,14H2,1-2H3,(H,25,30). The Bertz CT molecular complexity index is 1410. The van der Waals surface area contributed by atoms with E-state index in [1.54, 1.807) is 22.6 Å². The van der Waals surface area contributed by atoms with Gasteiger partial charge in [0, 0.05) is 18.7 Å². The van der Waals surface area contributed by atoms with Crippen LogP contribution in [0.1, 0.15) is 23.6 Å². The van der Waals surface area contributed by atoms with Gasteiger partial charge in [0.15, 0.2) is 10.8 Å². The molecule has 1 amide bonds. The highest BCUT2D eigenvalue weighted by Crippen LogP contribution is 2.33. The first-order chi connectivity index (χ1) is 16.0.